The Morgan fingerprint density at radius 2 is 1.85 bits per heavy atom. The number of rotatable bonds is 6. The minimum Gasteiger partial charge on any atom is -0.483 e. The lowest BCUT2D eigenvalue weighted by Crippen LogP contribution is -2.49. The Bertz CT molecular complexity index is 1350. The van der Waals surface area contributed by atoms with Gasteiger partial charge in [0.1, 0.15) is 18.5 Å². The normalized spacial score (nSPS) is 14.9. The van der Waals surface area contributed by atoms with Crippen LogP contribution in [0.15, 0.2) is 48.9 Å². The Balaban J connectivity index is 1.38. The van der Waals surface area contributed by atoms with E-state index in [0.717, 1.165) is 17.4 Å². The molecule has 1 amide bonds. The zero-order chi connectivity index (χ0) is 28.9. The van der Waals surface area contributed by atoms with Gasteiger partial charge in [-0.3, -0.25) is 9.89 Å². The predicted octanol–water partition coefficient (Wildman–Crippen LogP) is 5.09. The predicted molar refractivity (Wildman–Crippen MR) is 144 cm³/mol. The van der Waals surface area contributed by atoms with Gasteiger partial charge in [-0.2, -0.15) is 18.3 Å². The van der Waals surface area contributed by atoms with Crippen molar-refractivity contribution in [3.8, 4) is 17.6 Å². The van der Waals surface area contributed by atoms with Crippen molar-refractivity contribution in [1.82, 2.24) is 20.1 Å². The Kier molecular flexibility index (Phi) is 8.69. The number of hydrogen-bond acceptors (Lipinski definition) is 6. The standard InChI is InChI=1S/C29H32F3N5O3/c1-20(40-24-18-34-35-19-24)23-9-10-26(33-17-23)36-11-13-37(14-12-36)27(38)22-8-7-21(25(16-22)29(30,31)32)6-5-15-39-28(2,3)4/h7-10,16-20H,11-15H2,1-4H3,(H,34,35). The van der Waals surface area contributed by atoms with Crippen LogP contribution in [0.5, 0.6) is 5.75 Å². The number of ether oxygens (including phenoxy) is 2. The van der Waals surface area contributed by atoms with Crippen LogP contribution in [-0.2, 0) is 10.9 Å². The Hall–Kier alpha value is -4.04. The highest BCUT2D eigenvalue weighted by molar-refractivity contribution is 5.94. The quantitative estimate of drug-likeness (QED) is 0.427. The number of alkyl halides is 3. The molecule has 0 aliphatic carbocycles. The lowest BCUT2D eigenvalue weighted by atomic mass is 10.0. The molecule has 3 heterocycles. The largest absolute Gasteiger partial charge is 0.483 e. The first-order valence-electron chi connectivity index (χ1n) is 12.9. The van der Waals surface area contributed by atoms with Crippen LogP contribution in [0.25, 0.3) is 0 Å². The van der Waals surface area contributed by atoms with Crippen molar-refractivity contribution in [2.45, 2.75) is 45.6 Å². The number of benzene rings is 1. The molecule has 2 aromatic heterocycles. The zero-order valence-electron chi connectivity index (χ0n) is 22.9. The maximum atomic E-state index is 13.8. The summed E-state index contributed by atoms with van der Waals surface area (Å²) in [6, 6.07) is 7.36. The molecule has 4 rings (SSSR count). The van der Waals surface area contributed by atoms with Gasteiger partial charge in [0.25, 0.3) is 5.91 Å². The maximum absolute atomic E-state index is 13.8. The molecule has 1 aromatic carbocycles. The highest BCUT2D eigenvalue weighted by Gasteiger charge is 2.34. The van der Waals surface area contributed by atoms with Crippen LogP contribution < -0.4 is 9.64 Å². The number of carbonyl (C=O) groups is 1. The fraction of sp³-hybridized carbons (Fsp3) is 0.414. The van der Waals surface area contributed by atoms with E-state index >= 15 is 0 Å². The summed E-state index contributed by atoms with van der Waals surface area (Å²) < 4.78 is 52.7. The number of anilines is 1. The Labute approximate surface area is 231 Å². The molecule has 0 saturated carbocycles. The number of nitrogens with one attached hydrogen (secondary N) is 1. The summed E-state index contributed by atoms with van der Waals surface area (Å²) in [4.78, 5) is 21.2. The fourth-order valence-electron chi connectivity index (χ4n) is 4.13. The highest BCUT2D eigenvalue weighted by Crippen LogP contribution is 2.33. The van der Waals surface area contributed by atoms with Gasteiger partial charge in [0.15, 0.2) is 5.75 Å². The van der Waals surface area contributed by atoms with Gasteiger partial charge in [0.05, 0.1) is 23.6 Å². The average Bonchev–Trinajstić information content (AvgIpc) is 3.43. The molecule has 40 heavy (non-hydrogen) atoms. The van der Waals surface area contributed by atoms with E-state index in [4.69, 9.17) is 9.47 Å². The van der Waals surface area contributed by atoms with Crippen LogP contribution in [0.2, 0.25) is 0 Å². The first kappa shape index (κ1) is 29.0. The van der Waals surface area contributed by atoms with Gasteiger partial charge in [-0.25, -0.2) is 4.98 Å². The van der Waals surface area contributed by atoms with Crippen LogP contribution in [0.3, 0.4) is 0 Å². The van der Waals surface area contributed by atoms with Crippen LogP contribution in [-0.4, -0.2) is 64.4 Å². The molecule has 1 aliphatic heterocycles. The molecule has 11 heteroatoms. The summed E-state index contributed by atoms with van der Waals surface area (Å²) in [5.41, 5.74) is -0.697. The van der Waals surface area contributed by atoms with Crippen LogP contribution in [0.1, 0.15) is 60.8 Å². The molecule has 1 N–H and O–H groups in total. The zero-order valence-corrected chi connectivity index (χ0v) is 22.9. The number of amides is 1. The van der Waals surface area contributed by atoms with E-state index in [-0.39, 0.29) is 23.8 Å². The maximum Gasteiger partial charge on any atom is 0.417 e. The van der Waals surface area contributed by atoms with Gasteiger partial charge in [0, 0.05) is 49.1 Å². The molecule has 0 spiro atoms. The number of aromatic amines is 1. The molecule has 0 radical (unpaired) electrons. The average molecular weight is 556 g/mol. The second-order valence-corrected chi connectivity index (χ2v) is 10.4. The SMILES string of the molecule is CC(Oc1cn[nH]c1)c1ccc(N2CCN(C(=O)c3ccc(C#CCOC(C)(C)C)c(C(F)(F)F)c3)CC2)nc1. The van der Waals surface area contributed by atoms with Crippen molar-refractivity contribution in [2.75, 3.05) is 37.7 Å². The topological polar surface area (TPSA) is 83.6 Å². The third kappa shape index (κ3) is 7.54. The first-order valence-corrected chi connectivity index (χ1v) is 12.9. The van der Waals surface area contributed by atoms with E-state index in [2.05, 4.69) is 27.0 Å². The molecule has 0 bridgehead atoms. The molecule has 212 valence electrons. The van der Waals surface area contributed by atoms with E-state index in [1.54, 1.807) is 23.5 Å². The van der Waals surface area contributed by atoms with Crippen LogP contribution >= 0.6 is 0 Å². The van der Waals surface area contributed by atoms with E-state index in [0.29, 0.717) is 31.9 Å². The van der Waals surface area contributed by atoms with E-state index in [1.165, 1.54) is 12.1 Å². The van der Waals surface area contributed by atoms with Crippen molar-refractivity contribution >= 4 is 11.7 Å². The van der Waals surface area contributed by atoms with Gasteiger partial charge < -0.3 is 19.3 Å². The van der Waals surface area contributed by atoms with Crippen LogP contribution in [0.4, 0.5) is 19.0 Å². The smallest absolute Gasteiger partial charge is 0.417 e. The molecule has 8 nitrogen and oxygen atoms in total. The molecule has 1 atom stereocenters. The van der Waals surface area contributed by atoms with Crippen molar-refractivity contribution in [1.29, 1.82) is 0 Å². The molecule has 1 unspecified atom stereocenters. The molecular formula is C29H32F3N5O3. The number of halogens is 3. The van der Waals surface area contributed by atoms with Crippen molar-refractivity contribution in [3.63, 3.8) is 0 Å². The monoisotopic (exact) mass is 555 g/mol. The summed E-state index contributed by atoms with van der Waals surface area (Å²) in [7, 11) is 0. The number of aromatic nitrogens is 3. The number of pyridine rings is 1. The van der Waals surface area contributed by atoms with Gasteiger partial charge >= 0.3 is 6.18 Å². The third-order valence-corrected chi connectivity index (χ3v) is 6.29. The Morgan fingerprint density at radius 1 is 1.10 bits per heavy atom. The van der Waals surface area contributed by atoms with E-state index in [9.17, 15) is 18.0 Å². The lowest BCUT2D eigenvalue weighted by Gasteiger charge is -2.35. The van der Waals surface area contributed by atoms with Gasteiger partial charge in [-0.1, -0.05) is 17.9 Å². The van der Waals surface area contributed by atoms with E-state index < -0.39 is 23.2 Å². The highest BCUT2D eigenvalue weighted by atomic mass is 19.4. The van der Waals surface area contributed by atoms with Gasteiger partial charge in [0.2, 0.25) is 0 Å². The second kappa shape index (κ2) is 12.0. The molecule has 1 aliphatic rings. The summed E-state index contributed by atoms with van der Waals surface area (Å²) >= 11 is 0. The number of carbonyl (C=O) groups excluding carboxylic acids is 1. The number of hydrogen-bond donors (Lipinski definition) is 1. The third-order valence-electron chi connectivity index (χ3n) is 6.29. The second-order valence-electron chi connectivity index (χ2n) is 10.4. The van der Waals surface area contributed by atoms with Crippen molar-refractivity contribution in [3.05, 3.63) is 71.2 Å². The summed E-state index contributed by atoms with van der Waals surface area (Å²) in [5.74, 6) is 6.11. The van der Waals surface area contributed by atoms with Gasteiger partial charge in [-0.05, 0) is 52.0 Å². The van der Waals surface area contributed by atoms with Crippen molar-refractivity contribution < 1.29 is 27.4 Å². The Morgan fingerprint density at radius 3 is 2.45 bits per heavy atom. The van der Waals surface area contributed by atoms with Gasteiger partial charge in [-0.15, -0.1) is 0 Å². The molecule has 3 aromatic rings. The number of H-pyrrole nitrogens is 1. The number of piperazine rings is 1. The van der Waals surface area contributed by atoms with E-state index in [1.807, 2.05) is 44.7 Å². The first-order chi connectivity index (χ1) is 18.9. The minimum atomic E-state index is -4.65. The van der Waals surface area contributed by atoms with Crippen LogP contribution in [0, 0.1) is 11.8 Å². The fourth-order valence-corrected chi connectivity index (χ4v) is 4.13. The molecule has 1 fully saturated rings. The lowest BCUT2D eigenvalue weighted by molar-refractivity contribution is -0.137. The number of nitrogens with zero attached hydrogens (tertiary/aromatic N) is 4. The molecule has 1 saturated heterocycles. The summed E-state index contributed by atoms with van der Waals surface area (Å²) in [6.45, 7) is 9.15. The summed E-state index contributed by atoms with van der Waals surface area (Å²) in [5, 5.41) is 6.56. The minimum absolute atomic E-state index is 0.00143. The summed E-state index contributed by atoms with van der Waals surface area (Å²) in [6.07, 6.45) is 0.134. The van der Waals surface area contributed by atoms with Crippen molar-refractivity contribution in [2.24, 2.45) is 0 Å². The molecular weight excluding hydrogens is 523 g/mol.